The van der Waals surface area contributed by atoms with Gasteiger partial charge >= 0.3 is 0 Å². The van der Waals surface area contributed by atoms with Crippen LogP contribution in [0.3, 0.4) is 0 Å². The monoisotopic (exact) mass is 402 g/mol. The molecule has 4 aliphatic carbocycles. The van der Waals surface area contributed by atoms with Crippen LogP contribution in [0.1, 0.15) is 98.8 Å². The van der Waals surface area contributed by atoms with Crippen LogP contribution in [0.5, 0.6) is 0 Å². The van der Waals surface area contributed by atoms with Crippen molar-refractivity contribution in [2.75, 3.05) is 0 Å². The minimum Gasteiger partial charge on any atom is -0.393 e. The number of aliphatic hydroxyl groups is 2. The van der Waals surface area contributed by atoms with Crippen molar-refractivity contribution in [3.05, 3.63) is 11.6 Å². The van der Waals surface area contributed by atoms with Gasteiger partial charge in [0.2, 0.25) is 0 Å². The standard InChI is InChI=1S/C27H46O2/c1-17(2)6-11-25(29)18(3)22-9-10-23-21-8-7-19-16-20(28)12-14-26(19,4)24(21)13-15-27(22,23)5/h7,17-18,20-25,28-29H,6,8-16H2,1-5H3/t18-,20-,21-,22?,23-,24-,25+,26-,27+/m0/s1. The minimum absolute atomic E-state index is 0.108. The Morgan fingerprint density at radius 3 is 2.48 bits per heavy atom. The van der Waals surface area contributed by atoms with Gasteiger partial charge in [0.25, 0.3) is 0 Å². The normalized spacial score (nSPS) is 46.5. The molecule has 4 rings (SSSR count). The Morgan fingerprint density at radius 2 is 1.76 bits per heavy atom. The topological polar surface area (TPSA) is 40.5 Å². The first-order valence-corrected chi connectivity index (χ1v) is 12.7. The van der Waals surface area contributed by atoms with E-state index in [9.17, 15) is 10.2 Å². The summed E-state index contributed by atoms with van der Waals surface area (Å²) in [4.78, 5) is 0. The van der Waals surface area contributed by atoms with E-state index < -0.39 is 0 Å². The molecular formula is C27H46O2. The average molecular weight is 403 g/mol. The summed E-state index contributed by atoms with van der Waals surface area (Å²) >= 11 is 0. The molecule has 0 bridgehead atoms. The quantitative estimate of drug-likeness (QED) is 0.525. The third kappa shape index (κ3) is 3.65. The molecule has 2 nitrogen and oxygen atoms in total. The van der Waals surface area contributed by atoms with Crippen LogP contribution in [0.15, 0.2) is 11.6 Å². The molecule has 0 aliphatic heterocycles. The number of allylic oxidation sites excluding steroid dienone is 1. The predicted octanol–water partition coefficient (Wildman–Crippen LogP) is 6.36. The van der Waals surface area contributed by atoms with Crippen LogP contribution in [0, 0.1) is 46.3 Å². The zero-order valence-electron chi connectivity index (χ0n) is 19.7. The Balaban J connectivity index is 1.51. The molecule has 0 aromatic heterocycles. The molecule has 3 saturated carbocycles. The van der Waals surface area contributed by atoms with E-state index in [0.717, 1.165) is 43.4 Å². The van der Waals surface area contributed by atoms with E-state index in [1.807, 2.05) is 0 Å². The maximum absolute atomic E-state index is 11.0. The van der Waals surface area contributed by atoms with Gasteiger partial charge in [-0.25, -0.2) is 0 Å². The lowest BCUT2D eigenvalue weighted by Gasteiger charge is -2.58. The smallest absolute Gasteiger partial charge is 0.0577 e. The van der Waals surface area contributed by atoms with Gasteiger partial charge in [0, 0.05) is 0 Å². The third-order valence-corrected chi connectivity index (χ3v) is 10.4. The summed E-state index contributed by atoms with van der Waals surface area (Å²) in [6.45, 7) is 12.0. The minimum atomic E-state index is -0.133. The Hall–Kier alpha value is -0.340. The number of hydrogen-bond acceptors (Lipinski definition) is 2. The molecule has 0 aromatic rings. The third-order valence-electron chi connectivity index (χ3n) is 10.4. The van der Waals surface area contributed by atoms with Crippen molar-refractivity contribution in [3.63, 3.8) is 0 Å². The highest BCUT2D eigenvalue weighted by Gasteiger charge is 2.59. The van der Waals surface area contributed by atoms with Crippen molar-refractivity contribution in [2.24, 2.45) is 46.3 Å². The molecule has 29 heavy (non-hydrogen) atoms. The molecule has 9 atom stereocenters. The summed E-state index contributed by atoms with van der Waals surface area (Å²) in [5.41, 5.74) is 2.33. The molecule has 0 saturated heterocycles. The molecule has 2 N–H and O–H groups in total. The number of rotatable bonds is 5. The molecule has 0 aromatic carbocycles. The van der Waals surface area contributed by atoms with E-state index in [4.69, 9.17) is 0 Å². The molecular weight excluding hydrogens is 356 g/mol. The van der Waals surface area contributed by atoms with Crippen LogP contribution >= 0.6 is 0 Å². The second kappa shape index (κ2) is 7.97. The highest BCUT2D eigenvalue weighted by Crippen LogP contribution is 2.67. The van der Waals surface area contributed by atoms with Gasteiger partial charge < -0.3 is 10.2 Å². The highest BCUT2D eigenvalue weighted by atomic mass is 16.3. The van der Waals surface area contributed by atoms with Gasteiger partial charge in [-0.1, -0.05) is 46.3 Å². The fraction of sp³-hybridized carbons (Fsp3) is 0.926. The van der Waals surface area contributed by atoms with E-state index >= 15 is 0 Å². The van der Waals surface area contributed by atoms with Gasteiger partial charge in [0.05, 0.1) is 12.2 Å². The van der Waals surface area contributed by atoms with E-state index in [2.05, 4.69) is 40.7 Å². The molecule has 2 heteroatoms. The summed E-state index contributed by atoms with van der Waals surface area (Å²) in [6, 6.07) is 0. The SMILES string of the molecule is CC(C)CC[C@@H](O)[C@@H](C)C1CC[C@H]2[C@@H]3CC=C4C[C@@H](O)CC[C@]4(C)[C@H]3CC[C@]12C. The molecule has 3 fully saturated rings. The molecule has 4 aliphatic rings. The second-order valence-electron chi connectivity index (χ2n) is 12.3. The van der Waals surface area contributed by atoms with Crippen molar-refractivity contribution in [3.8, 4) is 0 Å². The lowest BCUT2D eigenvalue weighted by atomic mass is 9.47. The summed E-state index contributed by atoms with van der Waals surface area (Å²) < 4.78 is 0. The Morgan fingerprint density at radius 1 is 1.00 bits per heavy atom. The Kier molecular flexibility index (Phi) is 6.01. The average Bonchev–Trinajstić information content (AvgIpc) is 3.03. The fourth-order valence-corrected chi connectivity index (χ4v) is 8.58. The summed E-state index contributed by atoms with van der Waals surface area (Å²) in [5, 5.41) is 21.2. The molecule has 0 amide bonds. The van der Waals surface area contributed by atoms with Gasteiger partial charge in [0.1, 0.15) is 0 Å². The summed E-state index contributed by atoms with van der Waals surface area (Å²) in [5.74, 6) is 4.25. The molecule has 0 spiro atoms. The van der Waals surface area contributed by atoms with Crippen molar-refractivity contribution in [1.82, 2.24) is 0 Å². The van der Waals surface area contributed by atoms with Crippen LogP contribution in [-0.4, -0.2) is 22.4 Å². The van der Waals surface area contributed by atoms with Crippen LogP contribution in [0.2, 0.25) is 0 Å². The van der Waals surface area contributed by atoms with Crippen LogP contribution in [0.25, 0.3) is 0 Å². The zero-order valence-corrected chi connectivity index (χ0v) is 19.7. The van der Waals surface area contributed by atoms with Crippen molar-refractivity contribution in [1.29, 1.82) is 0 Å². The fourth-order valence-electron chi connectivity index (χ4n) is 8.58. The molecule has 166 valence electrons. The van der Waals surface area contributed by atoms with Crippen LogP contribution in [0.4, 0.5) is 0 Å². The van der Waals surface area contributed by atoms with Crippen molar-refractivity contribution in [2.45, 2.75) is 111 Å². The number of aliphatic hydroxyl groups excluding tert-OH is 2. The first-order valence-electron chi connectivity index (χ1n) is 12.7. The van der Waals surface area contributed by atoms with Gasteiger partial charge in [-0.05, 0) is 111 Å². The van der Waals surface area contributed by atoms with E-state index in [-0.39, 0.29) is 12.2 Å². The first kappa shape index (κ1) is 21.9. The van der Waals surface area contributed by atoms with E-state index in [0.29, 0.717) is 28.6 Å². The van der Waals surface area contributed by atoms with Crippen molar-refractivity contribution >= 4 is 0 Å². The largest absolute Gasteiger partial charge is 0.393 e. The van der Waals surface area contributed by atoms with Gasteiger partial charge in [-0.2, -0.15) is 0 Å². The molecule has 0 heterocycles. The Labute approximate surface area is 179 Å². The van der Waals surface area contributed by atoms with Crippen LogP contribution in [-0.2, 0) is 0 Å². The number of fused-ring (bicyclic) bond motifs is 5. The van der Waals surface area contributed by atoms with Crippen LogP contribution < -0.4 is 0 Å². The second-order valence-corrected chi connectivity index (χ2v) is 12.3. The summed E-state index contributed by atoms with van der Waals surface area (Å²) in [7, 11) is 0. The Bertz CT molecular complexity index is 624. The van der Waals surface area contributed by atoms with Gasteiger partial charge in [0.15, 0.2) is 0 Å². The van der Waals surface area contributed by atoms with Gasteiger partial charge in [-0.15, -0.1) is 0 Å². The maximum atomic E-state index is 11.0. The molecule has 0 radical (unpaired) electrons. The van der Waals surface area contributed by atoms with Crippen molar-refractivity contribution < 1.29 is 10.2 Å². The lowest BCUT2D eigenvalue weighted by molar-refractivity contribution is -0.0681. The van der Waals surface area contributed by atoms with Gasteiger partial charge in [-0.3, -0.25) is 0 Å². The summed E-state index contributed by atoms with van der Waals surface area (Å²) in [6.07, 6.45) is 14.1. The predicted molar refractivity (Wildman–Crippen MR) is 120 cm³/mol. The molecule has 1 unspecified atom stereocenters. The lowest BCUT2D eigenvalue weighted by Crippen LogP contribution is -2.51. The van der Waals surface area contributed by atoms with E-state index in [1.54, 1.807) is 5.57 Å². The van der Waals surface area contributed by atoms with E-state index in [1.165, 1.54) is 38.5 Å². The highest BCUT2D eigenvalue weighted by molar-refractivity contribution is 5.25. The zero-order chi connectivity index (χ0) is 21.0. The first-order chi connectivity index (χ1) is 13.7. The maximum Gasteiger partial charge on any atom is 0.0577 e. The number of hydrogen-bond donors (Lipinski definition) is 2.